The van der Waals surface area contributed by atoms with E-state index in [0.29, 0.717) is 0 Å². The van der Waals surface area contributed by atoms with Crippen LogP contribution in [0.15, 0.2) is 22.7 Å². The molecule has 0 N–H and O–H groups in total. The van der Waals surface area contributed by atoms with Crippen LogP contribution in [0.2, 0.25) is 0 Å². The molecule has 1 atom stereocenters. The highest BCUT2D eigenvalue weighted by Gasteiger charge is 2.05. The third-order valence-corrected chi connectivity index (χ3v) is 2.38. The average Bonchev–Trinajstić information content (AvgIpc) is 2.16. The van der Waals surface area contributed by atoms with Crippen molar-refractivity contribution in [2.75, 3.05) is 6.61 Å². The van der Waals surface area contributed by atoms with E-state index in [1.165, 1.54) is 0 Å². The molecule has 1 rings (SSSR count). The van der Waals surface area contributed by atoms with Crippen molar-refractivity contribution < 1.29 is 4.74 Å². The second-order valence-corrected chi connectivity index (χ2v) is 4.26. The predicted molar refractivity (Wildman–Crippen MR) is 59.6 cm³/mol. The van der Waals surface area contributed by atoms with Gasteiger partial charge in [0.05, 0.1) is 6.07 Å². The van der Waals surface area contributed by atoms with Crippen molar-refractivity contribution in [1.82, 2.24) is 0 Å². The van der Waals surface area contributed by atoms with E-state index in [-0.39, 0.29) is 6.61 Å². The van der Waals surface area contributed by atoms with E-state index in [4.69, 9.17) is 21.6 Å². The molecule has 0 bridgehead atoms. The Morgan fingerprint density at radius 2 is 2.36 bits per heavy atom. The zero-order valence-corrected chi connectivity index (χ0v) is 9.97. The Bertz CT molecular complexity index is 362. The summed E-state index contributed by atoms with van der Waals surface area (Å²) >= 11 is 8.96. The molecule has 0 heterocycles. The van der Waals surface area contributed by atoms with Crippen LogP contribution in [-0.4, -0.2) is 12.0 Å². The van der Waals surface area contributed by atoms with Crippen molar-refractivity contribution in [3.8, 4) is 11.8 Å². The number of nitrogens with zero attached hydrogens (tertiary/aromatic N) is 1. The van der Waals surface area contributed by atoms with Crippen molar-refractivity contribution in [3.63, 3.8) is 0 Å². The lowest BCUT2D eigenvalue weighted by Gasteiger charge is -2.09. The van der Waals surface area contributed by atoms with Crippen LogP contribution in [0.1, 0.15) is 5.56 Å². The van der Waals surface area contributed by atoms with Gasteiger partial charge in [-0.05, 0) is 30.7 Å². The first-order chi connectivity index (χ1) is 6.63. The molecule has 0 radical (unpaired) electrons. The highest BCUT2D eigenvalue weighted by atomic mass is 79.9. The number of nitriles is 1. The highest BCUT2D eigenvalue weighted by molar-refractivity contribution is 9.10. The number of halogens is 2. The minimum Gasteiger partial charge on any atom is -0.491 e. The van der Waals surface area contributed by atoms with Gasteiger partial charge >= 0.3 is 0 Å². The van der Waals surface area contributed by atoms with Gasteiger partial charge < -0.3 is 4.74 Å². The van der Waals surface area contributed by atoms with Crippen molar-refractivity contribution in [1.29, 1.82) is 5.26 Å². The zero-order chi connectivity index (χ0) is 10.6. The van der Waals surface area contributed by atoms with Crippen molar-refractivity contribution in [2.45, 2.75) is 12.3 Å². The molecule has 74 valence electrons. The summed E-state index contributed by atoms with van der Waals surface area (Å²) in [6.07, 6.45) is 0. The Morgan fingerprint density at radius 1 is 1.64 bits per heavy atom. The molecule has 0 fully saturated rings. The third-order valence-electron chi connectivity index (χ3n) is 1.66. The van der Waals surface area contributed by atoms with Gasteiger partial charge in [-0.3, -0.25) is 0 Å². The molecule has 4 heteroatoms. The quantitative estimate of drug-likeness (QED) is 0.793. The minimum absolute atomic E-state index is 0.209. The van der Waals surface area contributed by atoms with Crippen molar-refractivity contribution >= 4 is 27.5 Å². The first kappa shape index (κ1) is 11.4. The maximum Gasteiger partial charge on any atom is 0.154 e. The summed E-state index contributed by atoms with van der Waals surface area (Å²) in [7, 11) is 0. The van der Waals surface area contributed by atoms with Crippen LogP contribution >= 0.6 is 27.5 Å². The van der Waals surface area contributed by atoms with Gasteiger partial charge in [0.2, 0.25) is 0 Å². The lowest BCUT2D eigenvalue weighted by atomic mass is 10.2. The van der Waals surface area contributed by atoms with Gasteiger partial charge in [0.1, 0.15) is 12.4 Å². The highest BCUT2D eigenvalue weighted by Crippen LogP contribution is 2.22. The van der Waals surface area contributed by atoms with Crippen LogP contribution in [0.25, 0.3) is 0 Å². The summed E-state index contributed by atoms with van der Waals surface area (Å²) in [6.45, 7) is 2.15. The second kappa shape index (κ2) is 5.23. The Labute approximate surface area is 96.6 Å². The van der Waals surface area contributed by atoms with E-state index in [2.05, 4.69) is 15.9 Å². The summed E-state index contributed by atoms with van der Waals surface area (Å²) in [6, 6.07) is 7.58. The Morgan fingerprint density at radius 3 is 2.93 bits per heavy atom. The van der Waals surface area contributed by atoms with Gasteiger partial charge in [-0.1, -0.05) is 15.9 Å². The molecule has 0 aromatic heterocycles. The smallest absolute Gasteiger partial charge is 0.154 e. The number of aryl methyl sites for hydroxylation is 1. The third kappa shape index (κ3) is 3.21. The number of hydrogen-bond acceptors (Lipinski definition) is 2. The van der Waals surface area contributed by atoms with Gasteiger partial charge in [0, 0.05) is 4.47 Å². The SMILES string of the molecule is Cc1cc(Br)ccc1OCC(Cl)C#N. The lowest BCUT2D eigenvalue weighted by molar-refractivity contribution is 0.326. The summed E-state index contributed by atoms with van der Waals surface area (Å²) < 4.78 is 6.37. The van der Waals surface area contributed by atoms with E-state index in [9.17, 15) is 0 Å². The standard InChI is InChI=1S/C10H9BrClNO/c1-7-4-8(11)2-3-10(7)14-6-9(12)5-13/h2-4,9H,6H2,1H3. The first-order valence-corrected chi connectivity index (χ1v) is 5.29. The van der Waals surface area contributed by atoms with Crippen LogP contribution < -0.4 is 4.74 Å². The zero-order valence-electron chi connectivity index (χ0n) is 7.63. The van der Waals surface area contributed by atoms with Crippen molar-refractivity contribution in [2.24, 2.45) is 0 Å². The van der Waals surface area contributed by atoms with Gasteiger partial charge in [-0.2, -0.15) is 5.26 Å². The summed E-state index contributed by atoms with van der Waals surface area (Å²) in [5, 5.41) is 7.86. The minimum atomic E-state index is -0.599. The number of benzene rings is 1. The van der Waals surface area contributed by atoms with Crippen LogP contribution in [0.5, 0.6) is 5.75 Å². The predicted octanol–water partition coefficient (Wildman–Crippen LogP) is 3.27. The van der Waals surface area contributed by atoms with Crippen molar-refractivity contribution in [3.05, 3.63) is 28.2 Å². The molecule has 0 saturated heterocycles. The molecule has 0 amide bonds. The number of ether oxygens (including phenoxy) is 1. The molecule has 0 aliphatic heterocycles. The maximum atomic E-state index is 8.46. The fourth-order valence-corrected chi connectivity index (χ4v) is 1.51. The second-order valence-electron chi connectivity index (χ2n) is 2.82. The molecular weight excluding hydrogens is 265 g/mol. The molecule has 0 aliphatic rings. The van der Waals surface area contributed by atoms with Crippen LogP contribution in [-0.2, 0) is 0 Å². The summed E-state index contributed by atoms with van der Waals surface area (Å²) in [4.78, 5) is 0. The molecule has 1 unspecified atom stereocenters. The molecule has 0 saturated carbocycles. The normalized spacial score (nSPS) is 11.9. The molecule has 1 aromatic carbocycles. The molecule has 1 aromatic rings. The monoisotopic (exact) mass is 273 g/mol. The fraction of sp³-hybridized carbons (Fsp3) is 0.300. The van der Waals surface area contributed by atoms with Gasteiger partial charge in [0.25, 0.3) is 0 Å². The number of hydrogen-bond donors (Lipinski definition) is 0. The Balaban J connectivity index is 2.64. The maximum absolute atomic E-state index is 8.46. The largest absolute Gasteiger partial charge is 0.491 e. The molecule has 0 spiro atoms. The summed E-state index contributed by atoms with van der Waals surface area (Å²) in [5.41, 5.74) is 1.01. The first-order valence-electron chi connectivity index (χ1n) is 4.06. The fourth-order valence-electron chi connectivity index (χ4n) is 0.975. The lowest BCUT2D eigenvalue weighted by Crippen LogP contribution is -2.09. The van der Waals surface area contributed by atoms with E-state index in [0.717, 1.165) is 15.8 Å². The molecule has 2 nitrogen and oxygen atoms in total. The molecule has 14 heavy (non-hydrogen) atoms. The van der Waals surface area contributed by atoms with Crippen LogP contribution in [0.3, 0.4) is 0 Å². The van der Waals surface area contributed by atoms with Crippen LogP contribution in [0.4, 0.5) is 0 Å². The average molecular weight is 275 g/mol. The van der Waals surface area contributed by atoms with E-state index >= 15 is 0 Å². The van der Waals surface area contributed by atoms with Gasteiger partial charge in [0.15, 0.2) is 5.38 Å². The Kier molecular flexibility index (Phi) is 4.24. The molecule has 0 aliphatic carbocycles. The van der Waals surface area contributed by atoms with E-state index in [1.54, 1.807) is 0 Å². The molecular formula is C10H9BrClNO. The summed E-state index contributed by atoms with van der Waals surface area (Å²) in [5.74, 6) is 0.758. The van der Waals surface area contributed by atoms with E-state index in [1.807, 2.05) is 31.2 Å². The number of alkyl halides is 1. The number of rotatable bonds is 3. The Hall–Kier alpha value is -0.720. The van der Waals surface area contributed by atoms with Gasteiger partial charge in [-0.25, -0.2) is 0 Å². The van der Waals surface area contributed by atoms with Gasteiger partial charge in [-0.15, -0.1) is 11.6 Å². The van der Waals surface area contributed by atoms with Crippen LogP contribution in [0, 0.1) is 18.3 Å². The van der Waals surface area contributed by atoms with E-state index < -0.39 is 5.38 Å². The topological polar surface area (TPSA) is 33.0 Å².